The zero-order chi connectivity index (χ0) is 15.6. The smallest absolute Gasteiger partial charge is 0.330 e. The van der Waals surface area contributed by atoms with Gasteiger partial charge < -0.3 is 9.47 Å². The third-order valence-electron chi connectivity index (χ3n) is 3.20. The van der Waals surface area contributed by atoms with Gasteiger partial charge in [0.2, 0.25) is 5.82 Å². The molecule has 21 heavy (non-hydrogen) atoms. The lowest BCUT2D eigenvalue weighted by Gasteiger charge is -2.16. The van der Waals surface area contributed by atoms with Crippen LogP contribution in [0.1, 0.15) is 32.9 Å². The fraction of sp³-hybridized carbons (Fsp3) is 0.615. The minimum Gasteiger partial charge on any atom is -0.463 e. The first-order chi connectivity index (χ1) is 9.88. The molecule has 1 saturated heterocycles. The molecule has 1 fully saturated rings. The van der Waals surface area contributed by atoms with Gasteiger partial charge in [0, 0.05) is 0 Å². The standard InChI is InChI=1S/C13H17FN2O5/c1-7(2)12(18)20-6-8-3-4-10(21-8)16-5-9(14)11(17)15-13(16)19/h5,7-8,10H,3-4,6H2,1-2H3,(H,15,17,19). The number of hydrogen-bond donors (Lipinski definition) is 1. The molecule has 1 aromatic rings. The van der Waals surface area contributed by atoms with Crippen molar-refractivity contribution in [1.82, 2.24) is 9.55 Å². The van der Waals surface area contributed by atoms with Gasteiger partial charge in [-0.05, 0) is 12.8 Å². The number of carbonyl (C=O) groups excluding carboxylic acids is 1. The summed E-state index contributed by atoms with van der Waals surface area (Å²) in [6, 6.07) is 0. The fourth-order valence-corrected chi connectivity index (χ4v) is 2.03. The number of halogens is 1. The van der Waals surface area contributed by atoms with Crippen LogP contribution in [-0.2, 0) is 14.3 Å². The number of aromatic amines is 1. The van der Waals surface area contributed by atoms with Crippen molar-refractivity contribution in [2.75, 3.05) is 6.61 Å². The van der Waals surface area contributed by atoms with Crippen molar-refractivity contribution in [1.29, 1.82) is 0 Å². The summed E-state index contributed by atoms with van der Waals surface area (Å²) in [4.78, 5) is 35.8. The predicted molar refractivity (Wildman–Crippen MR) is 70.2 cm³/mol. The summed E-state index contributed by atoms with van der Waals surface area (Å²) >= 11 is 0. The van der Waals surface area contributed by atoms with Crippen LogP contribution in [-0.4, -0.2) is 28.2 Å². The highest BCUT2D eigenvalue weighted by Gasteiger charge is 2.29. The Kier molecular flexibility index (Phi) is 4.56. The molecule has 2 rings (SSSR count). The highest BCUT2D eigenvalue weighted by atomic mass is 19.1. The molecule has 2 atom stereocenters. The highest BCUT2D eigenvalue weighted by Crippen LogP contribution is 2.27. The van der Waals surface area contributed by atoms with E-state index in [9.17, 15) is 18.8 Å². The van der Waals surface area contributed by atoms with E-state index in [2.05, 4.69) is 0 Å². The molecule has 7 nitrogen and oxygen atoms in total. The number of aromatic nitrogens is 2. The van der Waals surface area contributed by atoms with Crippen LogP contribution in [0.5, 0.6) is 0 Å². The normalized spacial score (nSPS) is 21.7. The zero-order valence-electron chi connectivity index (χ0n) is 11.8. The molecule has 0 saturated carbocycles. The van der Waals surface area contributed by atoms with Crippen molar-refractivity contribution >= 4 is 5.97 Å². The average Bonchev–Trinajstić information content (AvgIpc) is 2.88. The van der Waals surface area contributed by atoms with Gasteiger partial charge in [-0.15, -0.1) is 0 Å². The molecular formula is C13H17FN2O5. The monoisotopic (exact) mass is 300 g/mol. The molecule has 0 bridgehead atoms. The average molecular weight is 300 g/mol. The summed E-state index contributed by atoms with van der Waals surface area (Å²) in [5.41, 5.74) is -1.79. The maximum atomic E-state index is 13.2. The van der Waals surface area contributed by atoms with Crippen LogP contribution in [0.15, 0.2) is 15.8 Å². The Hall–Kier alpha value is -1.96. The minimum atomic E-state index is -1.06. The molecule has 1 aromatic heterocycles. The van der Waals surface area contributed by atoms with E-state index in [1.165, 1.54) is 0 Å². The number of nitrogens with one attached hydrogen (secondary N) is 1. The fourth-order valence-electron chi connectivity index (χ4n) is 2.03. The minimum absolute atomic E-state index is 0.0914. The number of esters is 1. The van der Waals surface area contributed by atoms with E-state index in [4.69, 9.17) is 9.47 Å². The van der Waals surface area contributed by atoms with Gasteiger partial charge in [0.05, 0.1) is 18.2 Å². The number of nitrogens with zero attached hydrogens (tertiary/aromatic N) is 1. The third kappa shape index (κ3) is 3.57. The van der Waals surface area contributed by atoms with Gasteiger partial charge in [-0.25, -0.2) is 4.79 Å². The van der Waals surface area contributed by atoms with Crippen molar-refractivity contribution in [3.63, 3.8) is 0 Å². The Bertz CT molecular complexity index is 636. The number of carbonyl (C=O) groups is 1. The molecule has 1 aliphatic heterocycles. The largest absolute Gasteiger partial charge is 0.463 e. The van der Waals surface area contributed by atoms with Crippen molar-refractivity contribution < 1.29 is 18.7 Å². The van der Waals surface area contributed by atoms with E-state index in [-0.39, 0.29) is 24.6 Å². The van der Waals surface area contributed by atoms with Crippen molar-refractivity contribution in [3.05, 3.63) is 32.9 Å². The van der Waals surface area contributed by atoms with E-state index in [1.807, 2.05) is 4.98 Å². The van der Waals surface area contributed by atoms with Gasteiger partial charge in [0.25, 0.3) is 5.56 Å². The second kappa shape index (κ2) is 6.21. The second-order valence-electron chi connectivity index (χ2n) is 5.22. The molecule has 0 spiro atoms. The molecule has 2 heterocycles. The van der Waals surface area contributed by atoms with Crippen molar-refractivity contribution in [2.45, 2.75) is 39.0 Å². The van der Waals surface area contributed by atoms with Crippen molar-refractivity contribution in [3.8, 4) is 0 Å². The van der Waals surface area contributed by atoms with Crippen LogP contribution in [0.2, 0.25) is 0 Å². The number of H-pyrrole nitrogens is 1. The lowest BCUT2D eigenvalue weighted by molar-refractivity contribution is -0.152. The van der Waals surface area contributed by atoms with Gasteiger partial charge in [0.15, 0.2) is 0 Å². The summed E-state index contributed by atoms with van der Waals surface area (Å²) in [7, 11) is 0. The predicted octanol–water partition coefficient (Wildman–Crippen LogP) is 0.552. The van der Waals surface area contributed by atoms with E-state index in [0.29, 0.717) is 12.8 Å². The first-order valence-corrected chi connectivity index (χ1v) is 6.71. The van der Waals surface area contributed by atoms with Crippen LogP contribution in [0.4, 0.5) is 4.39 Å². The third-order valence-corrected chi connectivity index (χ3v) is 3.20. The van der Waals surface area contributed by atoms with E-state index < -0.39 is 23.3 Å². The van der Waals surface area contributed by atoms with Crippen LogP contribution >= 0.6 is 0 Å². The molecule has 1 aliphatic rings. The molecular weight excluding hydrogens is 283 g/mol. The molecule has 8 heteroatoms. The number of ether oxygens (including phenoxy) is 2. The second-order valence-corrected chi connectivity index (χ2v) is 5.22. The van der Waals surface area contributed by atoms with Gasteiger partial charge in [-0.1, -0.05) is 13.8 Å². The Morgan fingerprint density at radius 1 is 1.52 bits per heavy atom. The molecule has 0 aliphatic carbocycles. The molecule has 0 amide bonds. The van der Waals surface area contributed by atoms with Gasteiger partial charge in [-0.2, -0.15) is 4.39 Å². The van der Waals surface area contributed by atoms with Crippen LogP contribution in [0.3, 0.4) is 0 Å². The molecule has 2 unspecified atom stereocenters. The molecule has 1 N–H and O–H groups in total. The Morgan fingerprint density at radius 3 is 2.90 bits per heavy atom. The highest BCUT2D eigenvalue weighted by molar-refractivity contribution is 5.71. The number of hydrogen-bond acceptors (Lipinski definition) is 5. The van der Waals surface area contributed by atoms with Gasteiger partial charge >= 0.3 is 11.7 Å². The van der Waals surface area contributed by atoms with Gasteiger partial charge in [-0.3, -0.25) is 19.1 Å². The van der Waals surface area contributed by atoms with Crippen LogP contribution in [0, 0.1) is 11.7 Å². The lowest BCUT2D eigenvalue weighted by Crippen LogP contribution is -2.34. The van der Waals surface area contributed by atoms with Crippen LogP contribution < -0.4 is 11.2 Å². The number of rotatable bonds is 4. The van der Waals surface area contributed by atoms with Crippen molar-refractivity contribution in [2.24, 2.45) is 5.92 Å². The lowest BCUT2D eigenvalue weighted by atomic mass is 10.2. The Labute approximate surface area is 119 Å². The summed E-state index contributed by atoms with van der Waals surface area (Å²) < 4.78 is 24.8. The maximum Gasteiger partial charge on any atom is 0.330 e. The SMILES string of the molecule is CC(C)C(=O)OCC1CCC(n2cc(F)c(=O)[nH]c2=O)O1. The Morgan fingerprint density at radius 2 is 2.24 bits per heavy atom. The summed E-state index contributed by atoms with van der Waals surface area (Å²) in [6.07, 6.45) is 0.846. The molecule has 0 aromatic carbocycles. The van der Waals surface area contributed by atoms with Gasteiger partial charge in [0.1, 0.15) is 12.8 Å². The zero-order valence-corrected chi connectivity index (χ0v) is 11.8. The van der Waals surface area contributed by atoms with E-state index >= 15 is 0 Å². The maximum absolute atomic E-state index is 13.2. The summed E-state index contributed by atoms with van der Waals surface area (Å²) in [6.45, 7) is 3.54. The quantitative estimate of drug-likeness (QED) is 0.820. The summed E-state index contributed by atoms with van der Waals surface area (Å²) in [5, 5.41) is 0. The first kappa shape index (κ1) is 15.4. The molecule has 0 radical (unpaired) electrons. The topological polar surface area (TPSA) is 90.4 Å². The van der Waals surface area contributed by atoms with Crippen LogP contribution in [0.25, 0.3) is 0 Å². The van der Waals surface area contributed by atoms with E-state index in [0.717, 1.165) is 10.8 Å². The first-order valence-electron chi connectivity index (χ1n) is 6.71. The molecule has 116 valence electrons. The summed E-state index contributed by atoms with van der Waals surface area (Å²) in [5.74, 6) is -1.60. The van der Waals surface area contributed by atoms with E-state index in [1.54, 1.807) is 13.8 Å². The Balaban J connectivity index is 2.00.